The first-order valence-electron chi connectivity index (χ1n) is 7.73. The largest absolute Gasteiger partial charge is 0.497 e. The number of carbonyl (C=O) groups is 1. The molecule has 3 nitrogen and oxygen atoms in total. The molecule has 0 spiro atoms. The average Bonchev–Trinajstić information content (AvgIpc) is 2.51. The molecule has 0 aliphatic carbocycles. The number of hydrogen-bond donors (Lipinski definition) is 0. The highest BCUT2D eigenvalue weighted by Gasteiger charge is 2.06. The monoisotopic (exact) mass is 290 g/mol. The topological polar surface area (TPSA) is 35.5 Å². The van der Waals surface area contributed by atoms with Crippen molar-refractivity contribution in [3.05, 3.63) is 35.9 Å². The van der Waals surface area contributed by atoms with Gasteiger partial charge in [-0.15, -0.1) is 0 Å². The highest BCUT2D eigenvalue weighted by Crippen LogP contribution is 2.24. The highest BCUT2D eigenvalue weighted by atomic mass is 16.5. The molecule has 0 amide bonds. The summed E-state index contributed by atoms with van der Waals surface area (Å²) in [6, 6.07) is 7.81. The van der Waals surface area contributed by atoms with Crippen LogP contribution in [-0.4, -0.2) is 19.7 Å². The molecule has 0 aliphatic heterocycles. The van der Waals surface area contributed by atoms with Crippen molar-refractivity contribution in [2.75, 3.05) is 13.7 Å². The van der Waals surface area contributed by atoms with Gasteiger partial charge in [-0.25, -0.2) is 4.79 Å². The molecule has 1 aromatic carbocycles. The quantitative estimate of drug-likeness (QED) is 0.378. The van der Waals surface area contributed by atoms with Crippen LogP contribution in [0.1, 0.15) is 51.5 Å². The van der Waals surface area contributed by atoms with Crippen LogP contribution in [0.2, 0.25) is 0 Å². The third-order valence-electron chi connectivity index (χ3n) is 3.34. The lowest BCUT2D eigenvalue weighted by Crippen LogP contribution is -2.01. The molecule has 0 N–H and O–H groups in total. The van der Waals surface area contributed by atoms with Crippen LogP contribution in [0.25, 0.3) is 5.57 Å². The molecule has 0 aromatic heterocycles. The van der Waals surface area contributed by atoms with Crippen molar-refractivity contribution >= 4 is 11.5 Å². The van der Waals surface area contributed by atoms with Gasteiger partial charge in [-0.2, -0.15) is 0 Å². The maximum absolute atomic E-state index is 11.7. The fourth-order valence-electron chi connectivity index (χ4n) is 2.17. The third kappa shape index (κ3) is 6.48. The molecule has 3 heteroatoms. The predicted molar refractivity (Wildman–Crippen MR) is 86.4 cm³/mol. The molecule has 0 saturated carbocycles. The van der Waals surface area contributed by atoms with E-state index in [9.17, 15) is 4.79 Å². The Morgan fingerprint density at radius 2 is 1.81 bits per heavy atom. The van der Waals surface area contributed by atoms with E-state index in [4.69, 9.17) is 9.47 Å². The minimum Gasteiger partial charge on any atom is -0.497 e. The van der Waals surface area contributed by atoms with Gasteiger partial charge in [0.05, 0.1) is 13.7 Å². The summed E-state index contributed by atoms with van der Waals surface area (Å²) in [5.74, 6) is 0.555. The zero-order chi connectivity index (χ0) is 15.5. The van der Waals surface area contributed by atoms with Gasteiger partial charge in [0, 0.05) is 6.08 Å². The average molecular weight is 290 g/mol. The minimum atomic E-state index is -0.265. The first-order valence-corrected chi connectivity index (χ1v) is 7.73. The fraction of sp³-hybridized carbons (Fsp3) is 0.500. The Bertz CT molecular complexity index is 446. The number of ether oxygens (including phenoxy) is 2. The summed E-state index contributed by atoms with van der Waals surface area (Å²) in [5.41, 5.74) is 2.09. The van der Waals surface area contributed by atoms with E-state index in [1.807, 2.05) is 31.2 Å². The Balaban J connectivity index is 2.80. The standard InChI is InChI=1S/C18H26O3/c1-4-6-7-8-9-16(14-18(19)21-5-2)15-10-12-17(20-3)13-11-15/h10-14H,4-9H2,1-3H3/b16-14+. The molecule has 21 heavy (non-hydrogen) atoms. The molecule has 0 bridgehead atoms. The molecule has 0 saturated heterocycles. The van der Waals surface area contributed by atoms with Crippen molar-refractivity contribution in [3.63, 3.8) is 0 Å². The van der Waals surface area contributed by atoms with Gasteiger partial charge in [0.25, 0.3) is 0 Å². The van der Waals surface area contributed by atoms with Crippen molar-refractivity contribution in [2.45, 2.75) is 46.0 Å². The second kappa shape index (κ2) is 10.0. The number of carbonyl (C=O) groups excluding carboxylic acids is 1. The van der Waals surface area contributed by atoms with E-state index in [-0.39, 0.29) is 5.97 Å². The van der Waals surface area contributed by atoms with Crippen molar-refractivity contribution in [1.29, 1.82) is 0 Å². The molecule has 0 atom stereocenters. The Morgan fingerprint density at radius 3 is 2.38 bits per heavy atom. The summed E-state index contributed by atoms with van der Waals surface area (Å²) in [6.45, 7) is 4.42. The van der Waals surface area contributed by atoms with Crippen LogP contribution in [0.3, 0.4) is 0 Å². The van der Waals surface area contributed by atoms with Gasteiger partial charge in [-0.3, -0.25) is 0 Å². The van der Waals surface area contributed by atoms with E-state index in [2.05, 4.69) is 6.92 Å². The summed E-state index contributed by atoms with van der Waals surface area (Å²) in [4.78, 5) is 11.7. The summed E-state index contributed by atoms with van der Waals surface area (Å²) in [6.07, 6.45) is 7.23. The van der Waals surface area contributed by atoms with Crippen LogP contribution in [0.5, 0.6) is 5.75 Å². The van der Waals surface area contributed by atoms with Crippen LogP contribution in [0.15, 0.2) is 30.3 Å². The molecule has 116 valence electrons. The lowest BCUT2D eigenvalue weighted by molar-refractivity contribution is -0.137. The van der Waals surface area contributed by atoms with Gasteiger partial charge < -0.3 is 9.47 Å². The number of methoxy groups -OCH3 is 1. The second-order valence-electron chi connectivity index (χ2n) is 4.96. The van der Waals surface area contributed by atoms with Gasteiger partial charge in [0.1, 0.15) is 5.75 Å². The van der Waals surface area contributed by atoms with Crippen molar-refractivity contribution in [2.24, 2.45) is 0 Å². The number of rotatable bonds is 9. The number of esters is 1. The van der Waals surface area contributed by atoms with Gasteiger partial charge in [-0.1, -0.05) is 38.3 Å². The Labute approximate surface area is 128 Å². The molecular formula is C18H26O3. The molecule has 0 aliphatic rings. The lowest BCUT2D eigenvalue weighted by Gasteiger charge is -2.09. The van der Waals surface area contributed by atoms with Crippen molar-refractivity contribution in [3.8, 4) is 5.75 Å². The van der Waals surface area contributed by atoms with Gasteiger partial charge in [-0.05, 0) is 43.0 Å². The van der Waals surface area contributed by atoms with E-state index in [1.54, 1.807) is 13.2 Å². The smallest absolute Gasteiger partial charge is 0.331 e. The van der Waals surface area contributed by atoms with E-state index in [0.717, 1.165) is 29.7 Å². The Kier molecular flexibility index (Phi) is 8.25. The predicted octanol–water partition coefficient (Wildman–Crippen LogP) is 4.61. The Hall–Kier alpha value is -1.77. The van der Waals surface area contributed by atoms with Crippen LogP contribution >= 0.6 is 0 Å². The van der Waals surface area contributed by atoms with E-state index in [0.29, 0.717) is 6.61 Å². The molecular weight excluding hydrogens is 264 g/mol. The zero-order valence-electron chi connectivity index (χ0n) is 13.4. The maximum Gasteiger partial charge on any atom is 0.331 e. The molecule has 0 radical (unpaired) electrons. The van der Waals surface area contributed by atoms with Crippen LogP contribution in [0.4, 0.5) is 0 Å². The number of benzene rings is 1. The SMILES string of the molecule is CCCCCC/C(=C\C(=O)OCC)c1ccc(OC)cc1. The lowest BCUT2D eigenvalue weighted by atomic mass is 9.99. The summed E-state index contributed by atoms with van der Waals surface area (Å²) < 4.78 is 10.2. The van der Waals surface area contributed by atoms with Crippen LogP contribution < -0.4 is 4.74 Å². The molecule has 0 heterocycles. The molecule has 0 fully saturated rings. The van der Waals surface area contributed by atoms with E-state index >= 15 is 0 Å². The van der Waals surface area contributed by atoms with Crippen LogP contribution in [0, 0.1) is 0 Å². The highest BCUT2D eigenvalue weighted by molar-refractivity contribution is 5.91. The van der Waals surface area contributed by atoms with E-state index < -0.39 is 0 Å². The Morgan fingerprint density at radius 1 is 1.10 bits per heavy atom. The summed E-state index contributed by atoms with van der Waals surface area (Å²) in [7, 11) is 1.65. The molecule has 1 aromatic rings. The van der Waals surface area contributed by atoms with Crippen molar-refractivity contribution < 1.29 is 14.3 Å². The van der Waals surface area contributed by atoms with Crippen LogP contribution in [-0.2, 0) is 9.53 Å². The molecule has 0 unspecified atom stereocenters. The van der Waals surface area contributed by atoms with Crippen molar-refractivity contribution in [1.82, 2.24) is 0 Å². The number of unbranched alkanes of at least 4 members (excludes halogenated alkanes) is 3. The van der Waals surface area contributed by atoms with Gasteiger partial charge in [0.2, 0.25) is 0 Å². The second-order valence-corrected chi connectivity index (χ2v) is 4.96. The third-order valence-corrected chi connectivity index (χ3v) is 3.34. The number of hydrogen-bond acceptors (Lipinski definition) is 3. The zero-order valence-corrected chi connectivity index (χ0v) is 13.4. The normalized spacial score (nSPS) is 11.3. The van der Waals surface area contributed by atoms with E-state index in [1.165, 1.54) is 19.3 Å². The first kappa shape index (κ1) is 17.3. The summed E-state index contributed by atoms with van der Waals surface area (Å²) >= 11 is 0. The molecule has 1 rings (SSSR count). The maximum atomic E-state index is 11.7. The first-order chi connectivity index (χ1) is 10.2. The summed E-state index contributed by atoms with van der Waals surface area (Å²) in [5, 5.41) is 0. The van der Waals surface area contributed by atoms with Gasteiger partial charge >= 0.3 is 5.97 Å². The fourth-order valence-corrected chi connectivity index (χ4v) is 2.17. The van der Waals surface area contributed by atoms with Gasteiger partial charge in [0.15, 0.2) is 0 Å². The number of allylic oxidation sites excluding steroid dienone is 1. The minimum absolute atomic E-state index is 0.265.